The molecule has 10 heteroatoms. The Morgan fingerprint density at radius 1 is 1.26 bits per heavy atom. The fraction of sp³-hybridized carbons (Fsp3) is 0.412. The Morgan fingerprint density at radius 2 is 2.04 bits per heavy atom. The van der Waals surface area contributed by atoms with Gasteiger partial charge >= 0.3 is 0 Å². The number of nitrogens with zero attached hydrogens (tertiary/aromatic N) is 3. The van der Waals surface area contributed by atoms with Crippen LogP contribution < -0.4 is 15.4 Å². The van der Waals surface area contributed by atoms with Crippen LogP contribution in [0.3, 0.4) is 0 Å². The van der Waals surface area contributed by atoms with E-state index in [1.807, 2.05) is 5.38 Å². The van der Waals surface area contributed by atoms with E-state index in [-0.39, 0.29) is 4.90 Å². The number of rotatable bonds is 3. The first-order valence-electron chi connectivity index (χ1n) is 8.85. The predicted octanol–water partition coefficient (Wildman–Crippen LogP) is 1.93. The van der Waals surface area contributed by atoms with Gasteiger partial charge in [-0.1, -0.05) is 6.42 Å². The number of nitrogens with one attached hydrogen (secondary N) is 1. The second kappa shape index (κ2) is 6.26. The van der Waals surface area contributed by atoms with Crippen LogP contribution in [-0.2, 0) is 10.0 Å². The van der Waals surface area contributed by atoms with Crippen LogP contribution in [0.4, 0.5) is 6.01 Å². The Balaban J connectivity index is 1.63. The number of sulfonamides is 1. The van der Waals surface area contributed by atoms with Gasteiger partial charge in [-0.2, -0.15) is 4.98 Å². The van der Waals surface area contributed by atoms with E-state index < -0.39 is 10.0 Å². The molecule has 0 aliphatic carbocycles. The zero-order valence-electron chi connectivity index (χ0n) is 14.5. The van der Waals surface area contributed by atoms with Gasteiger partial charge in [-0.15, -0.1) is 11.3 Å². The zero-order valence-corrected chi connectivity index (χ0v) is 16.1. The number of piperidine rings is 1. The molecule has 0 radical (unpaired) electrons. The zero-order chi connectivity index (χ0) is 18.6. The summed E-state index contributed by atoms with van der Waals surface area (Å²) in [4.78, 5) is 11.1. The molecule has 2 aliphatic heterocycles. The summed E-state index contributed by atoms with van der Waals surface area (Å²) in [5.41, 5.74) is 1.61. The molecule has 1 aromatic carbocycles. The lowest BCUT2D eigenvalue weighted by Gasteiger charge is -2.41. The van der Waals surface area contributed by atoms with Gasteiger partial charge in [-0.05, 0) is 25.0 Å². The molecule has 3 N–H and O–H groups in total. The number of oxazole rings is 1. The molecular formula is C17H19N5O3S2. The predicted molar refractivity (Wildman–Crippen MR) is 103 cm³/mol. The van der Waals surface area contributed by atoms with Crippen molar-refractivity contribution < 1.29 is 12.8 Å². The smallest absolute Gasteiger partial charge is 0.298 e. The first-order chi connectivity index (χ1) is 13.0. The lowest BCUT2D eigenvalue weighted by molar-refractivity contribution is 0.276. The van der Waals surface area contributed by atoms with Gasteiger partial charge < -0.3 is 14.6 Å². The van der Waals surface area contributed by atoms with Gasteiger partial charge in [-0.3, -0.25) is 0 Å². The molecule has 5 rings (SSSR count). The van der Waals surface area contributed by atoms with Crippen molar-refractivity contribution in [1.29, 1.82) is 0 Å². The van der Waals surface area contributed by atoms with Crippen LogP contribution in [0, 0.1) is 0 Å². The number of benzene rings is 1. The molecule has 2 aliphatic rings. The monoisotopic (exact) mass is 405 g/mol. The number of hydrogen-bond donors (Lipinski definition) is 2. The van der Waals surface area contributed by atoms with Gasteiger partial charge in [0.05, 0.1) is 10.5 Å². The van der Waals surface area contributed by atoms with E-state index in [4.69, 9.17) is 9.56 Å². The molecule has 0 spiro atoms. The molecule has 142 valence electrons. The molecule has 2 aromatic heterocycles. The maximum atomic E-state index is 11.9. The number of thiazole rings is 1. The highest BCUT2D eigenvalue weighted by molar-refractivity contribution is 7.89. The normalized spacial score (nSPS) is 23.1. The van der Waals surface area contributed by atoms with Crippen molar-refractivity contribution in [2.24, 2.45) is 5.14 Å². The lowest BCUT2D eigenvalue weighted by atomic mass is 9.94. The standard InChI is InChI=1S/C17H19N5O3S2/c18-27(23,24)12-6-13(16-19-4-5-26-16)15-14(7-12)21-17(25-15)22-8-10-2-1-3-11(9-22)20-10/h4-7,10-11,20H,1-3,8-9H2,(H2,18,23,24). The molecule has 2 fully saturated rings. The van der Waals surface area contributed by atoms with Crippen molar-refractivity contribution in [2.75, 3.05) is 18.0 Å². The fourth-order valence-electron chi connectivity index (χ4n) is 3.97. The van der Waals surface area contributed by atoms with Crippen molar-refractivity contribution in [3.63, 3.8) is 0 Å². The van der Waals surface area contributed by atoms with E-state index in [9.17, 15) is 8.42 Å². The van der Waals surface area contributed by atoms with E-state index in [2.05, 4.69) is 20.2 Å². The summed E-state index contributed by atoms with van der Waals surface area (Å²) in [6.07, 6.45) is 5.21. The Kier molecular flexibility index (Phi) is 3.97. The highest BCUT2D eigenvalue weighted by Crippen LogP contribution is 2.36. The maximum Gasteiger partial charge on any atom is 0.298 e. The van der Waals surface area contributed by atoms with E-state index in [1.165, 1.54) is 29.9 Å². The van der Waals surface area contributed by atoms with Crippen LogP contribution in [0.15, 0.2) is 33.0 Å². The Hall–Kier alpha value is -2.01. The van der Waals surface area contributed by atoms with Gasteiger partial charge in [0.25, 0.3) is 6.01 Å². The molecular weight excluding hydrogens is 386 g/mol. The summed E-state index contributed by atoms with van der Waals surface area (Å²) in [6, 6.07) is 4.38. The molecule has 2 atom stereocenters. The molecule has 4 heterocycles. The van der Waals surface area contributed by atoms with Crippen LogP contribution in [0.5, 0.6) is 0 Å². The summed E-state index contributed by atoms with van der Waals surface area (Å²) in [6.45, 7) is 1.66. The van der Waals surface area contributed by atoms with Crippen molar-refractivity contribution in [2.45, 2.75) is 36.2 Å². The molecule has 27 heavy (non-hydrogen) atoms. The van der Waals surface area contributed by atoms with Gasteiger partial charge in [-0.25, -0.2) is 18.5 Å². The highest BCUT2D eigenvalue weighted by atomic mass is 32.2. The summed E-state index contributed by atoms with van der Waals surface area (Å²) in [7, 11) is -3.86. The molecule has 8 nitrogen and oxygen atoms in total. The lowest BCUT2D eigenvalue weighted by Crippen LogP contribution is -2.58. The first kappa shape index (κ1) is 17.1. The average molecular weight is 406 g/mol. The minimum Gasteiger partial charge on any atom is -0.423 e. The number of fused-ring (bicyclic) bond motifs is 3. The van der Waals surface area contributed by atoms with E-state index in [0.717, 1.165) is 25.9 Å². The SMILES string of the molecule is NS(=O)(=O)c1cc(-c2nccs2)c2oc(N3CC4CCCC(C3)N4)nc2c1. The molecule has 0 saturated carbocycles. The quantitative estimate of drug-likeness (QED) is 0.684. The maximum absolute atomic E-state index is 11.9. The molecule has 2 saturated heterocycles. The number of aromatic nitrogens is 2. The molecule has 2 unspecified atom stereocenters. The largest absolute Gasteiger partial charge is 0.423 e. The third kappa shape index (κ3) is 3.12. The van der Waals surface area contributed by atoms with Crippen molar-refractivity contribution >= 4 is 38.5 Å². The number of hydrogen-bond acceptors (Lipinski definition) is 8. The third-order valence-electron chi connectivity index (χ3n) is 5.17. The van der Waals surface area contributed by atoms with Gasteiger partial charge in [0, 0.05) is 36.8 Å². The van der Waals surface area contributed by atoms with Crippen LogP contribution in [0.1, 0.15) is 19.3 Å². The van der Waals surface area contributed by atoms with Crippen molar-refractivity contribution in [3.8, 4) is 10.6 Å². The van der Waals surface area contributed by atoms with Gasteiger partial charge in [0.2, 0.25) is 10.0 Å². The highest BCUT2D eigenvalue weighted by Gasteiger charge is 2.32. The van der Waals surface area contributed by atoms with Gasteiger partial charge in [0.1, 0.15) is 10.5 Å². The van der Waals surface area contributed by atoms with Crippen LogP contribution in [0.25, 0.3) is 21.7 Å². The number of piperazine rings is 1. The summed E-state index contributed by atoms with van der Waals surface area (Å²) < 4.78 is 30.0. The number of anilines is 1. The number of nitrogens with two attached hydrogens (primary N) is 1. The average Bonchev–Trinajstić information content (AvgIpc) is 3.29. The first-order valence-corrected chi connectivity index (χ1v) is 11.3. The second-order valence-electron chi connectivity index (χ2n) is 7.09. The summed E-state index contributed by atoms with van der Waals surface area (Å²) >= 11 is 1.41. The van der Waals surface area contributed by atoms with Gasteiger partial charge in [0.15, 0.2) is 5.58 Å². The minimum atomic E-state index is -3.86. The van der Waals surface area contributed by atoms with E-state index >= 15 is 0 Å². The second-order valence-corrected chi connectivity index (χ2v) is 9.55. The third-order valence-corrected chi connectivity index (χ3v) is 6.87. The molecule has 0 amide bonds. The summed E-state index contributed by atoms with van der Waals surface area (Å²) in [5.74, 6) is 0. The van der Waals surface area contributed by atoms with Crippen LogP contribution in [-0.4, -0.2) is 43.6 Å². The van der Waals surface area contributed by atoms with Crippen molar-refractivity contribution in [1.82, 2.24) is 15.3 Å². The van der Waals surface area contributed by atoms with Crippen LogP contribution in [0.2, 0.25) is 0 Å². The summed E-state index contributed by atoms with van der Waals surface area (Å²) in [5, 5.41) is 11.5. The van der Waals surface area contributed by atoms with E-state index in [1.54, 1.807) is 6.20 Å². The topological polar surface area (TPSA) is 114 Å². The Bertz CT molecular complexity index is 1080. The Morgan fingerprint density at radius 3 is 2.70 bits per heavy atom. The molecule has 3 aromatic rings. The fourth-order valence-corrected chi connectivity index (χ4v) is 5.18. The Labute approximate surface area is 160 Å². The molecule has 2 bridgehead atoms. The number of primary sulfonamides is 1. The van der Waals surface area contributed by atoms with E-state index in [0.29, 0.717) is 39.8 Å². The minimum absolute atomic E-state index is 0.0113. The van der Waals surface area contributed by atoms with Crippen molar-refractivity contribution in [3.05, 3.63) is 23.7 Å². The van der Waals surface area contributed by atoms with Crippen LogP contribution >= 0.6 is 11.3 Å².